The molecule has 1 aromatic heterocycles. The highest BCUT2D eigenvalue weighted by Crippen LogP contribution is 2.22. The first-order chi connectivity index (χ1) is 18.0. The Hall–Kier alpha value is -4.76. The number of amides is 2. The van der Waals surface area contributed by atoms with Gasteiger partial charge in [-0.15, -0.1) is 0 Å². The average molecular weight is 558 g/mol. The highest BCUT2D eigenvalue weighted by atomic mass is 79.9. The number of nitrogens with one attached hydrogen (secondary N) is 2. The van der Waals surface area contributed by atoms with Crippen molar-refractivity contribution in [3.63, 3.8) is 0 Å². The van der Waals surface area contributed by atoms with E-state index in [1.54, 1.807) is 54.6 Å². The van der Waals surface area contributed by atoms with Crippen LogP contribution in [0.1, 0.15) is 32.0 Å². The van der Waals surface area contributed by atoms with Crippen LogP contribution in [0.5, 0.6) is 5.75 Å². The molecule has 0 radical (unpaired) electrons. The van der Waals surface area contributed by atoms with E-state index in [1.807, 2.05) is 30.3 Å². The molecule has 0 saturated heterocycles. The molecule has 0 atom stereocenters. The Morgan fingerprint density at radius 1 is 0.892 bits per heavy atom. The molecule has 0 aliphatic carbocycles. The second-order valence-corrected chi connectivity index (χ2v) is 8.44. The monoisotopic (exact) mass is 557 g/mol. The second kappa shape index (κ2) is 12.3. The van der Waals surface area contributed by atoms with E-state index >= 15 is 0 Å². The molecule has 4 aromatic rings. The number of hydrogen-bond donors (Lipinski definition) is 2. The van der Waals surface area contributed by atoms with Gasteiger partial charge in [-0.05, 0) is 54.1 Å². The zero-order valence-corrected chi connectivity index (χ0v) is 20.8. The standard InChI is InChI=1S/C28H20BrN3O5/c29-21-13-14-24(37-26(33)15-12-19-7-2-1-3-8-19)20(17-21)18-30-32-27(34)22-9-4-5-10-23(22)31-28(35)25-11-6-16-36-25/h1-18H,(H,31,35)(H,32,34)/b15-12+,30-18-. The number of rotatable bonds is 8. The van der Waals surface area contributed by atoms with Crippen LogP contribution in [0, 0.1) is 0 Å². The molecule has 0 bridgehead atoms. The SMILES string of the molecule is O=C(/C=C/c1ccccc1)Oc1ccc(Br)cc1/C=N\NC(=O)c1ccccc1NC(=O)c1ccco1. The van der Waals surface area contributed by atoms with Crippen LogP contribution in [0.25, 0.3) is 6.08 Å². The zero-order valence-electron chi connectivity index (χ0n) is 19.3. The molecule has 0 unspecified atom stereocenters. The number of carbonyl (C=O) groups is 3. The maximum absolute atomic E-state index is 12.8. The summed E-state index contributed by atoms with van der Waals surface area (Å²) in [5.41, 5.74) is 4.24. The number of carbonyl (C=O) groups excluding carboxylic acids is 3. The fourth-order valence-corrected chi connectivity index (χ4v) is 3.57. The molecule has 4 rings (SSSR count). The molecule has 3 aromatic carbocycles. The third kappa shape index (κ3) is 7.12. The molecule has 2 N–H and O–H groups in total. The number of nitrogens with zero attached hydrogens (tertiary/aromatic N) is 1. The average Bonchev–Trinajstić information content (AvgIpc) is 3.45. The highest BCUT2D eigenvalue weighted by Gasteiger charge is 2.15. The number of hydrogen-bond acceptors (Lipinski definition) is 6. The van der Waals surface area contributed by atoms with E-state index in [0.29, 0.717) is 11.3 Å². The molecule has 2 amide bonds. The van der Waals surface area contributed by atoms with E-state index < -0.39 is 17.8 Å². The van der Waals surface area contributed by atoms with E-state index in [4.69, 9.17) is 9.15 Å². The molecule has 0 saturated carbocycles. The lowest BCUT2D eigenvalue weighted by atomic mass is 10.1. The predicted molar refractivity (Wildman–Crippen MR) is 143 cm³/mol. The van der Waals surface area contributed by atoms with Gasteiger partial charge < -0.3 is 14.5 Å². The van der Waals surface area contributed by atoms with Gasteiger partial charge in [-0.1, -0.05) is 58.4 Å². The van der Waals surface area contributed by atoms with Crippen LogP contribution in [0.3, 0.4) is 0 Å². The number of ether oxygens (including phenoxy) is 1. The molecule has 9 heteroatoms. The Morgan fingerprint density at radius 3 is 2.46 bits per heavy atom. The maximum Gasteiger partial charge on any atom is 0.336 e. The number of furan rings is 1. The van der Waals surface area contributed by atoms with Crippen molar-refractivity contribution in [2.24, 2.45) is 5.10 Å². The van der Waals surface area contributed by atoms with Gasteiger partial charge >= 0.3 is 5.97 Å². The summed E-state index contributed by atoms with van der Waals surface area (Å²) in [7, 11) is 0. The van der Waals surface area contributed by atoms with Crippen LogP contribution < -0.4 is 15.5 Å². The van der Waals surface area contributed by atoms with Crippen molar-refractivity contribution in [3.8, 4) is 5.75 Å². The number of para-hydroxylation sites is 1. The van der Waals surface area contributed by atoms with Crippen LogP contribution in [0.2, 0.25) is 0 Å². The lowest BCUT2D eigenvalue weighted by Crippen LogP contribution is -2.21. The summed E-state index contributed by atoms with van der Waals surface area (Å²) in [4.78, 5) is 37.4. The molecule has 0 aliphatic rings. The first-order valence-electron chi connectivity index (χ1n) is 11.0. The van der Waals surface area contributed by atoms with Crippen LogP contribution >= 0.6 is 15.9 Å². The molecule has 0 fully saturated rings. The molecule has 1 heterocycles. The van der Waals surface area contributed by atoms with Crippen molar-refractivity contribution in [3.05, 3.63) is 124 Å². The number of benzene rings is 3. The largest absolute Gasteiger partial charge is 0.459 e. The molecule has 37 heavy (non-hydrogen) atoms. The lowest BCUT2D eigenvalue weighted by Gasteiger charge is -2.09. The van der Waals surface area contributed by atoms with Crippen LogP contribution in [0.15, 0.2) is 111 Å². The van der Waals surface area contributed by atoms with Gasteiger partial charge in [0, 0.05) is 16.1 Å². The molecular formula is C28H20BrN3O5. The Morgan fingerprint density at radius 2 is 1.68 bits per heavy atom. The number of halogens is 1. The Labute approximate surface area is 220 Å². The normalized spacial score (nSPS) is 10.9. The van der Waals surface area contributed by atoms with E-state index in [9.17, 15) is 14.4 Å². The number of esters is 1. The molecule has 184 valence electrons. The number of anilines is 1. The highest BCUT2D eigenvalue weighted by molar-refractivity contribution is 9.10. The Balaban J connectivity index is 1.43. The topological polar surface area (TPSA) is 110 Å². The maximum atomic E-state index is 12.8. The van der Waals surface area contributed by atoms with Gasteiger partial charge in [-0.2, -0.15) is 5.10 Å². The van der Waals surface area contributed by atoms with Gasteiger partial charge in [0.2, 0.25) is 0 Å². The quantitative estimate of drug-likeness (QED) is 0.0952. The fraction of sp³-hybridized carbons (Fsp3) is 0. The first kappa shape index (κ1) is 25.3. The minimum atomic E-state index is -0.564. The van der Waals surface area contributed by atoms with Gasteiger partial charge in [0.05, 0.1) is 23.7 Å². The molecule has 8 nitrogen and oxygen atoms in total. The van der Waals surface area contributed by atoms with Gasteiger partial charge in [0.25, 0.3) is 11.8 Å². The van der Waals surface area contributed by atoms with Gasteiger partial charge in [0.1, 0.15) is 5.75 Å². The summed E-state index contributed by atoms with van der Waals surface area (Å²) < 4.78 is 11.3. The summed E-state index contributed by atoms with van der Waals surface area (Å²) in [5.74, 6) is -1.23. The summed E-state index contributed by atoms with van der Waals surface area (Å²) in [6.45, 7) is 0. The van der Waals surface area contributed by atoms with Crippen molar-refractivity contribution < 1.29 is 23.5 Å². The smallest absolute Gasteiger partial charge is 0.336 e. The van der Waals surface area contributed by atoms with Crippen molar-refractivity contribution in [2.45, 2.75) is 0 Å². The van der Waals surface area contributed by atoms with Gasteiger partial charge in [0.15, 0.2) is 5.76 Å². The van der Waals surface area contributed by atoms with E-state index in [0.717, 1.165) is 10.0 Å². The minimum Gasteiger partial charge on any atom is -0.459 e. The predicted octanol–water partition coefficient (Wildman–Crippen LogP) is 5.68. The summed E-state index contributed by atoms with van der Waals surface area (Å²) >= 11 is 3.38. The fourth-order valence-electron chi connectivity index (χ4n) is 3.19. The van der Waals surface area contributed by atoms with Gasteiger partial charge in [-0.3, -0.25) is 9.59 Å². The van der Waals surface area contributed by atoms with Crippen molar-refractivity contribution in [1.29, 1.82) is 0 Å². The lowest BCUT2D eigenvalue weighted by molar-refractivity contribution is -0.128. The van der Waals surface area contributed by atoms with Gasteiger partial charge in [-0.25, -0.2) is 10.2 Å². The van der Waals surface area contributed by atoms with Crippen LogP contribution in [-0.4, -0.2) is 24.0 Å². The summed E-state index contributed by atoms with van der Waals surface area (Å²) in [5, 5.41) is 6.65. The zero-order chi connectivity index (χ0) is 26.0. The van der Waals surface area contributed by atoms with E-state index in [2.05, 4.69) is 31.8 Å². The van der Waals surface area contributed by atoms with Crippen molar-refractivity contribution in [1.82, 2.24) is 5.43 Å². The third-order valence-electron chi connectivity index (χ3n) is 4.93. The number of hydrazone groups is 1. The van der Waals surface area contributed by atoms with Crippen LogP contribution in [0.4, 0.5) is 5.69 Å². The second-order valence-electron chi connectivity index (χ2n) is 7.52. The molecule has 0 aliphatic heterocycles. The minimum absolute atomic E-state index is 0.114. The molecular weight excluding hydrogens is 538 g/mol. The molecule has 0 spiro atoms. The Bertz CT molecular complexity index is 1460. The van der Waals surface area contributed by atoms with E-state index in [-0.39, 0.29) is 17.1 Å². The first-order valence-corrected chi connectivity index (χ1v) is 11.8. The van der Waals surface area contributed by atoms with Crippen molar-refractivity contribution in [2.75, 3.05) is 5.32 Å². The Kier molecular flexibility index (Phi) is 8.41. The third-order valence-corrected chi connectivity index (χ3v) is 5.42. The summed E-state index contributed by atoms with van der Waals surface area (Å²) in [6, 6.07) is 24.0. The van der Waals surface area contributed by atoms with E-state index in [1.165, 1.54) is 24.6 Å². The summed E-state index contributed by atoms with van der Waals surface area (Å²) in [6.07, 6.45) is 5.72. The van der Waals surface area contributed by atoms with Crippen molar-refractivity contribution >= 4 is 51.7 Å². The van der Waals surface area contributed by atoms with Crippen LogP contribution in [-0.2, 0) is 4.79 Å².